The average molecular weight is 258 g/mol. The van der Waals surface area contributed by atoms with Crippen molar-refractivity contribution in [1.29, 1.82) is 0 Å². The molecular formula is C15H20N3O+. The Balaban J connectivity index is 2.12. The zero-order valence-corrected chi connectivity index (χ0v) is 11.6. The zero-order chi connectivity index (χ0) is 13.9. The minimum Gasteiger partial charge on any atom is -0.326 e. The maximum Gasteiger partial charge on any atom is 0.270 e. The smallest absolute Gasteiger partial charge is 0.270 e. The van der Waals surface area contributed by atoms with Crippen molar-refractivity contribution in [2.45, 2.75) is 6.54 Å². The number of carbonyl (C=O) groups is 1. The first-order valence-electron chi connectivity index (χ1n) is 6.29. The number of nitrogens with zero attached hydrogens (tertiary/aromatic N) is 2. The van der Waals surface area contributed by atoms with Crippen molar-refractivity contribution < 1.29 is 9.28 Å². The van der Waals surface area contributed by atoms with Gasteiger partial charge < -0.3 is 4.48 Å². The Hall–Kier alpha value is -2.07. The SMILES string of the molecule is C[N+](C)(C)Cc1cccn1NC(=O)c1ccccc1. The van der Waals surface area contributed by atoms with Crippen LogP contribution in [0, 0.1) is 0 Å². The van der Waals surface area contributed by atoms with E-state index >= 15 is 0 Å². The molecule has 1 heterocycles. The summed E-state index contributed by atoms with van der Waals surface area (Å²) in [6.45, 7) is 0.849. The number of nitrogens with one attached hydrogen (secondary N) is 1. The predicted octanol–water partition coefficient (Wildman–Crippen LogP) is 2.08. The quantitative estimate of drug-likeness (QED) is 0.837. The number of hydrogen-bond acceptors (Lipinski definition) is 1. The van der Waals surface area contributed by atoms with E-state index in [1.807, 2.05) is 36.5 Å². The van der Waals surface area contributed by atoms with Gasteiger partial charge in [-0.3, -0.25) is 14.9 Å². The summed E-state index contributed by atoms with van der Waals surface area (Å²) in [6.07, 6.45) is 1.87. The lowest BCUT2D eigenvalue weighted by atomic mass is 10.2. The van der Waals surface area contributed by atoms with E-state index < -0.39 is 0 Å². The lowest BCUT2D eigenvalue weighted by Crippen LogP contribution is -2.35. The van der Waals surface area contributed by atoms with Gasteiger partial charge in [-0.05, 0) is 24.3 Å². The first-order chi connectivity index (χ1) is 8.96. The van der Waals surface area contributed by atoms with Crippen molar-refractivity contribution in [2.75, 3.05) is 26.6 Å². The molecule has 1 amide bonds. The van der Waals surface area contributed by atoms with Gasteiger partial charge in [0, 0.05) is 11.8 Å². The van der Waals surface area contributed by atoms with Gasteiger partial charge in [0.1, 0.15) is 6.54 Å². The third-order valence-electron chi connectivity index (χ3n) is 2.73. The molecule has 0 radical (unpaired) electrons. The van der Waals surface area contributed by atoms with Crippen molar-refractivity contribution in [1.82, 2.24) is 4.68 Å². The largest absolute Gasteiger partial charge is 0.326 e. The molecule has 0 spiro atoms. The zero-order valence-electron chi connectivity index (χ0n) is 11.6. The molecule has 1 N–H and O–H groups in total. The topological polar surface area (TPSA) is 34.0 Å². The number of aromatic nitrogens is 1. The van der Waals surface area contributed by atoms with Crippen molar-refractivity contribution in [2.24, 2.45) is 0 Å². The molecule has 1 aromatic heterocycles. The molecule has 0 fully saturated rings. The van der Waals surface area contributed by atoms with Crippen LogP contribution in [0.3, 0.4) is 0 Å². The van der Waals surface area contributed by atoms with Crippen LogP contribution in [0.4, 0.5) is 0 Å². The maximum absolute atomic E-state index is 12.1. The maximum atomic E-state index is 12.1. The fraction of sp³-hybridized carbons (Fsp3) is 0.267. The summed E-state index contributed by atoms with van der Waals surface area (Å²) < 4.78 is 2.60. The van der Waals surface area contributed by atoms with E-state index in [2.05, 4.69) is 26.6 Å². The van der Waals surface area contributed by atoms with Crippen molar-refractivity contribution in [3.05, 3.63) is 59.9 Å². The van der Waals surface area contributed by atoms with Crippen LogP contribution in [0.15, 0.2) is 48.7 Å². The molecule has 0 bridgehead atoms. The number of carbonyl (C=O) groups excluding carboxylic acids is 1. The Bertz CT molecular complexity index is 552. The van der Waals surface area contributed by atoms with Gasteiger partial charge in [0.05, 0.1) is 26.8 Å². The van der Waals surface area contributed by atoms with E-state index in [0.29, 0.717) is 5.56 Å². The van der Waals surface area contributed by atoms with Crippen LogP contribution in [0.2, 0.25) is 0 Å². The second-order valence-corrected chi connectivity index (χ2v) is 5.62. The Morgan fingerprint density at radius 3 is 2.42 bits per heavy atom. The first kappa shape index (κ1) is 13.4. The molecular weight excluding hydrogens is 238 g/mol. The molecule has 0 saturated heterocycles. The van der Waals surface area contributed by atoms with Crippen molar-refractivity contribution in [3.8, 4) is 0 Å². The molecule has 19 heavy (non-hydrogen) atoms. The van der Waals surface area contributed by atoms with Gasteiger partial charge in [-0.1, -0.05) is 18.2 Å². The highest BCUT2D eigenvalue weighted by Gasteiger charge is 2.13. The Labute approximate surface area is 113 Å². The normalized spacial score (nSPS) is 11.3. The van der Waals surface area contributed by atoms with E-state index in [9.17, 15) is 4.79 Å². The van der Waals surface area contributed by atoms with Gasteiger partial charge in [0.2, 0.25) is 0 Å². The summed E-state index contributed by atoms with van der Waals surface area (Å²) in [6, 6.07) is 13.2. The molecule has 0 aliphatic heterocycles. The molecule has 0 saturated carbocycles. The molecule has 1 aromatic carbocycles. The van der Waals surface area contributed by atoms with E-state index in [4.69, 9.17) is 0 Å². The van der Waals surface area contributed by atoms with Gasteiger partial charge in [0.25, 0.3) is 5.91 Å². The summed E-state index contributed by atoms with van der Waals surface area (Å²) in [7, 11) is 6.36. The molecule has 4 nitrogen and oxygen atoms in total. The molecule has 0 atom stereocenters. The third-order valence-corrected chi connectivity index (χ3v) is 2.73. The number of benzene rings is 1. The summed E-state index contributed by atoms with van der Waals surface area (Å²) in [5.74, 6) is -0.0977. The third kappa shape index (κ3) is 3.69. The van der Waals surface area contributed by atoms with Gasteiger partial charge in [-0.2, -0.15) is 0 Å². The molecule has 0 aliphatic rings. The first-order valence-corrected chi connectivity index (χ1v) is 6.29. The highest BCUT2D eigenvalue weighted by atomic mass is 16.2. The molecule has 2 aromatic rings. The molecule has 100 valence electrons. The van der Waals surface area contributed by atoms with E-state index in [-0.39, 0.29) is 5.91 Å². The van der Waals surface area contributed by atoms with Crippen molar-refractivity contribution in [3.63, 3.8) is 0 Å². The van der Waals surface area contributed by atoms with Crippen LogP contribution in [-0.2, 0) is 6.54 Å². The second kappa shape index (κ2) is 5.28. The van der Waals surface area contributed by atoms with Gasteiger partial charge >= 0.3 is 0 Å². The summed E-state index contributed by atoms with van der Waals surface area (Å²) in [5, 5.41) is 0. The highest BCUT2D eigenvalue weighted by Crippen LogP contribution is 2.08. The summed E-state index contributed by atoms with van der Waals surface area (Å²) in [5.41, 5.74) is 4.64. The predicted molar refractivity (Wildman–Crippen MR) is 76.3 cm³/mol. The Morgan fingerprint density at radius 1 is 1.11 bits per heavy atom. The lowest BCUT2D eigenvalue weighted by molar-refractivity contribution is -0.884. The number of quaternary nitrogens is 1. The van der Waals surface area contributed by atoms with Crippen LogP contribution < -0.4 is 5.43 Å². The van der Waals surface area contributed by atoms with Gasteiger partial charge in [-0.15, -0.1) is 0 Å². The standard InChI is InChI=1S/C15H19N3O/c1-18(2,3)12-14-10-7-11-17(14)16-15(19)13-8-5-4-6-9-13/h4-11H,12H2,1-3H3/p+1. The number of rotatable bonds is 4. The minimum absolute atomic E-state index is 0.0977. The number of amides is 1. The highest BCUT2D eigenvalue weighted by molar-refractivity contribution is 5.99. The number of hydrogen-bond donors (Lipinski definition) is 1. The Kier molecular flexibility index (Phi) is 3.71. The van der Waals surface area contributed by atoms with Crippen LogP contribution in [0.5, 0.6) is 0 Å². The molecule has 2 rings (SSSR count). The fourth-order valence-corrected chi connectivity index (χ4v) is 1.90. The molecule has 4 heteroatoms. The molecule has 0 aliphatic carbocycles. The van der Waals surface area contributed by atoms with E-state index in [1.54, 1.807) is 16.8 Å². The lowest BCUT2D eigenvalue weighted by Gasteiger charge is -2.24. The average Bonchev–Trinajstić information content (AvgIpc) is 2.75. The van der Waals surface area contributed by atoms with E-state index in [0.717, 1.165) is 16.7 Å². The van der Waals surface area contributed by atoms with Crippen LogP contribution >= 0.6 is 0 Å². The van der Waals surface area contributed by atoms with Crippen LogP contribution in [-0.4, -0.2) is 36.2 Å². The van der Waals surface area contributed by atoms with Crippen LogP contribution in [0.25, 0.3) is 0 Å². The molecule has 0 unspecified atom stereocenters. The van der Waals surface area contributed by atoms with Crippen LogP contribution in [0.1, 0.15) is 16.1 Å². The van der Waals surface area contributed by atoms with Gasteiger partial charge in [0.15, 0.2) is 0 Å². The summed E-state index contributed by atoms with van der Waals surface area (Å²) >= 11 is 0. The Morgan fingerprint density at radius 2 is 1.79 bits per heavy atom. The second-order valence-electron chi connectivity index (χ2n) is 5.62. The minimum atomic E-state index is -0.0977. The van der Waals surface area contributed by atoms with Crippen molar-refractivity contribution >= 4 is 5.91 Å². The van der Waals surface area contributed by atoms with Gasteiger partial charge in [-0.25, -0.2) is 0 Å². The summed E-state index contributed by atoms with van der Waals surface area (Å²) in [4.78, 5) is 12.1. The fourth-order valence-electron chi connectivity index (χ4n) is 1.90. The van der Waals surface area contributed by atoms with E-state index in [1.165, 1.54) is 0 Å². The monoisotopic (exact) mass is 258 g/mol.